The van der Waals surface area contributed by atoms with Gasteiger partial charge < -0.3 is 14.6 Å². The molecule has 0 radical (unpaired) electrons. The van der Waals surface area contributed by atoms with Crippen LogP contribution in [0.2, 0.25) is 0 Å². The second-order valence-corrected chi connectivity index (χ2v) is 5.99. The van der Waals surface area contributed by atoms with Gasteiger partial charge in [-0.2, -0.15) is 0 Å². The Morgan fingerprint density at radius 2 is 1.82 bits per heavy atom. The number of carbonyl (C=O) groups excluding carboxylic acids is 2. The molecule has 6 nitrogen and oxygen atoms in total. The summed E-state index contributed by atoms with van der Waals surface area (Å²) in [7, 11) is 0. The molecule has 3 rings (SSSR count). The average Bonchev–Trinajstić information content (AvgIpc) is 3.10. The van der Waals surface area contributed by atoms with Crippen molar-refractivity contribution in [3.8, 4) is 11.3 Å². The summed E-state index contributed by atoms with van der Waals surface area (Å²) in [4.78, 5) is 24.1. The molecule has 2 aromatic carbocycles. The van der Waals surface area contributed by atoms with E-state index in [1.54, 1.807) is 44.2 Å². The quantitative estimate of drug-likeness (QED) is 0.507. The smallest absolute Gasteiger partial charge is 0.330 e. The second-order valence-electron chi connectivity index (χ2n) is 5.99. The summed E-state index contributed by atoms with van der Waals surface area (Å²) in [5.41, 5.74) is 3.15. The number of carbonyl (C=O) groups is 2. The van der Waals surface area contributed by atoms with Crippen molar-refractivity contribution in [2.75, 3.05) is 11.9 Å². The van der Waals surface area contributed by atoms with Gasteiger partial charge in [-0.05, 0) is 37.6 Å². The Morgan fingerprint density at radius 1 is 1.11 bits per heavy atom. The third-order valence-corrected chi connectivity index (χ3v) is 4.00. The number of hydrogen-bond acceptors (Lipinski definition) is 5. The summed E-state index contributed by atoms with van der Waals surface area (Å²) in [6.45, 7) is 3.79. The van der Waals surface area contributed by atoms with E-state index in [2.05, 4.69) is 10.5 Å². The highest BCUT2D eigenvalue weighted by atomic mass is 16.5. The third-order valence-electron chi connectivity index (χ3n) is 4.00. The van der Waals surface area contributed by atoms with Crippen LogP contribution in [0.25, 0.3) is 17.3 Å². The zero-order chi connectivity index (χ0) is 19.9. The van der Waals surface area contributed by atoms with E-state index < -0.39 is 5.97 Å². The number of esters is 1. The minimum absolute atomic E-state index is 0.299. The van der Waals surface area contributed by atoms with Crippen molar-refractivity contribution in [3.63, 3.8) is 0 Å². The topological polar surface area (TPSA) is 81.4 Å². The van der Waals surface area contributed by atoms with Crippen LogP contribution in [0.5, 0.6) is 0 Å². The summed E-state index contributed by atoms with van der Waals surface area (Å²) < 4.78 is 10.1. The maximum absolute atomic E-state index is 12.8. The minimum Gasteiger partial charge on any atom is -0.463 e. The van der Waals surface area contributed by atoms with Crippen LogP contribution in [0.3, 0.4) is 0 Å². The number of ether oxygens (including phenoxy) is 1. The van der Waals surface area contributed by atoms with Crippen LogP contribution in [-0.4, -0.2) is 23.6 Å². The molecule has 0 saturated heterocycles. The van der Waals surface area contributed by atoms with Crippen LogP contribution < -0.4 is 5.32 Å². The molecule has 6 heteroatoms. The molecule has 1 heterocycles. The van der Waals surface area contributed by atoms with E-state index >= 15 is 0 Å². The fraction of sp³-hybridized carbons (Fsp3) is 0.136. The van der Waals surface area contributed by atoms with E-state index in [0.29, 0.717) is 29.3 Å². The molecule has 3 aromatic rings. The molecular weight excluding hydrogens is 356 g/mol. The Morgan fingerprint density at radius 3 is 2.50 bits per heavy atom. The van der Waals surface area contributed by atoms with E-state index in [4.69, 9.17) is 9.26 Å². The first-order chi connectivity index (χ1) is 13.6. The number of anilines is 1. The zero-order valence-electron chi connectivity index (χ0n) is 15.6. The van der Waals surface area contributed by atoms with Crippen molar-refractivity contribution in [1.29, 1.82) is 0 Å². The maximum Gasteiger partial charge on any atom is 0.330 e. The summed E-state index contributed by atoms with van der Waals surface area (Å²) >= 11 is 0. The van der Waals surface area contributed by atoms with Gasteiger partial charge in [0.2, 0.25) is 0 Å². The number of nitrogens with one attached hydrogen (secondary N) is 1. The number of aromatic nitrogens is 1. The van der Waals surface area contributed by atoms with Gasteiger partial charge in [0.15, 0.2) is 0 Å². The molecule has 0 fully saturated rings. The molecule has 142 valence electrons. The number of aryl methyl sites for hydroxylation is 1. The lowest BCUT2D eigenvalue weighted by Crippen LogP contribution is -2.13. The molecule has 0 aliphatic rings. The SMILES string of the molecule is CCOC(=O)/C=C/c1ccc(NC(=O)c2c(-c3ccccc3)noc2C)cc1. The first kappa shape index (κ1) is 19.1. The molecule has 28 heavy (non-hydrogen) atoms. The van der Waals surface area contributed by atoms with Crippen LogP contribution in [0, 0.1) is 6.92 Å². The lowest BCUT2D eigenvalue weighted by atomic mass is 10.1. The lowest BCUT2D eigenvalue weighted by Gasteiger charge is -2.06. The van der Waals surface area contributed by atoms with Gasteiger partial charge in [-0.25, -0.2) is 4.79 Å². The molecule has 0 atom stereocenters. The highest BCUT2D eigenvalue weighted by Gasteiger charge is 2.21. The zero-order valence-corrected chi connectivity index (χ0v) is 15.6. The summed E-state index contributed by atoms with van der Waals surface area (Å²) in [5, 5.41) is 6.88. The van der Waals surface area contributed by atoms with Crippen molar-refractivity contribution >= 4 is 23.6 Å². The molecular formula is C22H20N2O4. The largest absolute Gasteiger partial charge is 0.463 e. The van der Waals surface area contributed by atoms with E-state index in [9.17, 15) is 9.59 Å². The van der Waals surface area contributed by atoms with Crippen LogP contribution in [-0.2, 0) is 9.53 Å². The van der Waals surface area contributed by atoms with Crippen LogP contribution in [0.15, 0.2) is 65.2 Å². The Kier molecular flexibility index (Phi) is 6.01. The summed E-state index contributed by atoms with van der Waals surface area (Å²) in [5.74, 6) is -0.242. The van der Waals surface area contributed by atoms with Crippen molar-refractivity contribution in [1.82, 2.24) is 5.16 Å². The van der Waals surface area contributed by atoms with Crippen molar-refractivity contribution in [2.24, 2.45) is 0 Å². The van der Waals surface area contributed by atoms with Crippen LogP contribution in [0.1, 0.15) is 28.6 Å². The van der Waals surface area contributed by atoms with Gasteiger partial charge in [0.1, 0.15) is 17.0 Å². The van der Waals surface area contributed by atoms with Gasteiger partial charge in [0.25, 0.3) is 5.91 Å². The standard InChI is InChI=1S/C22H20N2O4/c1-3-27-19(25)14-11-16-9-12-18(13-10-16)23-22(26)20-15(2)28-24-21(20)17-7-5-4-6-8-17/h4-14H,3H2,1-2H3,(H,23,26)/b14-11+. The molecule has 1 amide bonds. The molecule has 1 aromatic heterocycles. The first-order valence-electron chi connectivity index (χ1n) is 8.86. The predicted octanol–water partition coefficient (Wildman–Crippen LogP) is 4.48. The lowest BCUT2D eigenvalue weighted by molar-refractivity contribution is -0.137. The summed E-state index contributed by atoms with van der Waals surface area (Å²) in [6, 6.07) is 16.5. The number of hydrogen-bond donors (Lipinski definition) is 1. The van der Waals surface area contributed by atoms with Crippen molar-refractivity contribution in [2.45, 2.75) is 13.8 Å². The number of benzene rings is 2. The van der Waals surface area contributed by atoms with Crippen molar-refractivity contribution < 1.29 is 18.8 Å². The Balaban J connectivity index is 1.74. The van der Waals surface area contributed by atoms with Gasteiger partial charge in [-0.15, -0.1) is 0 Å². The normalized spacial score (nSPS) is 10.8. The van der Waals surface area contributed by atoms with Crippen LogP contribution in [0.4, 0.5) is 5.69 Å². The molecule has 0 unspecified atom stereocenters. The van der Waals surface area contributed by atoms with E-state index in [1.807, 2.05) is 30.3 Å². The Hall–Kier alpha value is -3.67. The number of rotatable bonds is 6. The fourth-order valence-electron chi connectivity index (χ4n) is 2.66. The number of nitrogens with zero attached hydrogens (tertiary/aromatic N) is 1. The Labute approximate surface area is 162 Å². The summed E-state index contributed by atoms with van der Waals surface area (Å²) in [6.07, 6.45) is 3.02. The number of amides is 1. The van der Waals surface area contributed by atoms with Gasteiger partial charge in [-0.1, -0.05) is 47.6 Å². The average molecular weight is 376 g/mol. The molecule has 1 N–H and O–H groups in total. The van der Waals surface area contributed by atoms with Gasteiger partial charge in [-0.3, -0.25) is 4.79 Å². The van der Waals surface area contributed by atoms with E-state index in [-0.39, 0.29) is 5.91 Å². The first-order valence-corrected chi connectivity index (χ1v) is 8.86. The molecule has 0 spiro atoms. The molecule has 0 saturated carbocycles. The van der Waals surface area contributed by atoms with Crippen molar-refractivity contribution in [3.05, 3.63) is 77.6 Å². The highest BCUT2D eigenvalue weighted by molar-refractivity contribution is 6.08. The fourth-order valence-corrected chi connectivity index (χ4v) is 2.66. The predicted molar refractivity (Wildman–Crippen MR) is 107 cm³/mol. The maximum atomic E-state index is 12.8. The third kappa shape index (κ3) is 4.54. The van der Waals surface area contributed by atoms with Gasteiger partial charge in [0.05, 0.1) is 6.61 Å². The van der Waals surface area contributed by atoms with Gasteiger partial charge in [0, 0.05) is 17.3 Å². The minimum atomic E-state index is -0.392. The van der Waals surface area contributed by atoms with E-state index in [1.165, 1.54) is 6.08 Å². The highest BCUT2D eigenvalue weighted by Crippen LogP contribution is 2.26. The molecule has 0 aliphatic carbocycles. The van der Waals surface area contributed by atoms with Gasteiger partial charge >= 0.3 is 5.97 Å². The molecule has 0 aliphatic heterocycles. The molecule has 0 bridgehead atoms. The monoisotopic (exact) mass is 376 g/mol. The second kappa shape index (κ2) is 8.81. The van der Waals surface area contributed by atoms with E-state index in [0.717, 1.165) is 11.1 Å². The van der Waals surface area contributed by atoms with Crippen LogP contribution >= 0.6 is 0 Å². The Bertz CT molecular complexity index is 989.